The average Bonchev–Trinajstić information content (AvgIpc) is 1.62. The van der Waals surface area contributed by atoms with Crippen LogP contribution in [0.5, 0.6) is 11.5 Å². The van der Waals surface area contributed by atoms with Crippen molar-refractivity contribution >= 4 is 28.8 Å². The van der Waals surface area contributed by atoms with Gasteiger partial charge in [-0.05, 0) is 172 Å². The highest BCUT2D eigenvalue weighted by Crippen LogP contribution is 2.66. The molecule has 12 aromatic carbocycles. The Morgan fingerprint density at radius 3 is 1.14 bits per heavy atom. The first-order valence-electron chi connectivity index (χ1n) is 30.4. The van der Waals surface area contributed by atoms with E-state index >= 15 is 0 Å². The monoisotopic (exact) mass is 1120 g/mol. The lowest BCUT2D eigenvalue weighted by Gasteiger charge is -2.41. The van der Waals surface area contributed by atoms with Gasteiger partial charge in [-0.25, -0.2) is 0 Å². The number of anilines is 3. The smallest absolute Gasteiger partial charge is 0.132 e. The predicted octanol–water partition coefficient (Wildman–Crippen LogP) is 21.4. The molecule has 0 amide bonds. The zero-order valence-corrected chi connectivity index (χ0v) is 50.1. The Hall–Kier alpha value is -9.41. The summed E-state index contributed by atoms with van der Waals surface area (Å²) in [6.45, 7) is 14.1. The van der Waals surface area contributed by atoms with Gasteiger partial charge in [-0.1, -0.05) is 266 Å². The van der Waals surface area contributed by atoms with Gasteiger partial charge in [0.15, 0.2) is 0 Å². The van der Waals surface area contributed by atoms with Crippen molar-refractivity contribution in [3.05, 3.63) is 351 Å². The molecule has 86 heavy (non-hydrogen) atoms. The Morgan fingerprint density at radius 1 is 0.279 bits per heavy atom. The molecule has 12 aromatic rings. The zero-order chi connectivity index (χ0) is 57.9. The molecule has 2 aliphatic heterocycles. The highest BCUT2D eigenvalue weighted by molar-refractivity contribution is 7.99. The minimum atomic E-state index is -0.665. The molecule has 0 fully saturated rings. The maximum atomic E-state index is 6.89. The summed E-state index contributed by atoms with van der Waals surface area (Å²) in [5.74, 6) is 1.76. The van der Waals surface area contributed by atoms with Crippen LogP contribution in [0.1, 0.15) is 119 Å². The van der Waals surface area contributed by atoms with Crippen LogP contribution in [0.4, 0.5) is 17.1 Å². The van der Waals surface area contributed by atoms with E-state index in [0.717, 1.165) is 39.7 Å². The van der Waals surface area contributed by atoms with Crippen LogP contribution in [0, 0.1) is 0 Å². The summed E-state index contributed by atoms with van der Waals surface area (Å²) in [6, 6.07) is 104. The van der Waals surface area contributed by atoms with Crippen LogP contribution in [0.3, 0.4) is 0 Å². The molecule has 2 nitrogen and oxygen atoms in total. The molecule has 0 radical (unpaired) electrons. The van der Waals surface area contributed by atoms with Gasteiger partial charge in [0, 0.05) is 38.0 Å². The lowest BCUT2D eigenvalue weighted by atomic mass is 9.66. The quantitative estimate of drug-likeness (QED) is 0.170. The Kier molecular flexibility index (Phi) is 10.9. The van der Waals surface area contributed by atoms with E-state index in [1.54, 1.807) is 0 Å². The van der Waals surface area contributed by atoms with Gasteiger partial charge in [-0.3, -0.25) is 0 Å². The SMILES string of the molecule is CC(C)(C)c1ccc2c(c1)C1(c3ccccc3Sc3ccc(N(c4ccc5c(c4)C(c4ccccc4)(c4ccccc4)c4ccccc4-5)c4ccc5c(c4)C4(c6ccccc6Oc6ccccc64)c4ccccc4-5)cc31)c1cc(C(C)(C)C)ccc1-2. The van der Waals surface area contributed by atoms with Crippen molar-refractivity contribution in [1.29, 1.82) is 0 Å². The van der Waals surface area contributed by atoms with Gasteiger partial charge in [0.1, 0.15) is 11.5 Å². The van der Waals surface area contributed by atoms with Gasteiger partial charge < -0.3 is 9.64 Å². The van der Waals surface area contributed by atoms with Crippen molar-refractivity contribution < 1.29 is 4.74 Å². The minimum absolute atomic E-state index is 0.0794. The molecule has 5 aliphatic rings. The number of hydrogen-bond acceptors (Lipinski definition) is 3. The summed E-state index contributed by atoms with van der Waals surface area (Å²) in [7, 11) is 0. The number of fused-ring (bicyclic) bond motifs is 21. The number of hydrogen-bond donors (Lipinski definition) is 0. The molecule has 2 spiro atoms. The normalized spacial score (nSPS) is 15.2. The first kappa shape index (κ1) is 51.0. The van der Waals surface area contributed by atoms with Crippen molar-refractivity contribution in [1.82, 2.24) is 0 Å². The highest BCUT2D eigenvalue weighted by atomic mass is 32.2. The first-order chi connectivity index (χ1) is 41.9. The molecule has 0 bridgehead atoms. The van der Waals surface area contributed by atoms with E-state index in [2.05, 4.69) is 319 Å². The van der Waals surface area contributed by atoms with Gasteiger partial charge in [-0.15, -0.1) is 0 Å². The molecule has 0 saturated carbocycles. The highest BCUT2D eigenvalue weighted by Gasteiger charge is 2.54. The van der Waals surface area contributed by atoms with Crippen LogP contribution < -0.4 is 9.64 Å². The fourth-order valence-electron chi connectivity index (χ4n) is 16.0. The standard InChI is InChI=1S/C83H63NOS/c1-79(2,3)54-37-42-61-62-43-38-55(80(4,5)6)48-71(62)83(70(61)47-54)69-33-19-22-36-77(69)86-78-46-41-58(51-74(78)83)84(56-39-44-63-59-27-13-15-29-65(59)81(72(63)49-56,52-23-9-7-10-24-52)53-25-11-8-12-26-53)57-40-45-64-60-28-14-16-30-66(60)82(73(64)50-57)67-31-17-20-34-75(67)85-76-35-21-18-32-68(76)82/h7-51H,1-6H3. The summed E-state index contributed by atoms with van der Waals surface area (Å²) in [6.07, 6.45) is 0. The van der Waals surface area contributed by atoms with Crippen molar-refractivity contribution in [2.75, 3.05) is 4.90 Å². The van der Waals surface area contributed by atoms with Crippen LogP contribution in [0.2, 0.25) is 0 Å². The molecule has 412 valence electrons. The summed E-state index contributed by atoms with van der Waals surface area (Å²) in [5, 5.41) is 0. The van der Waals surface area contributed by atoms with E-state index in [9.17, 15) is 0 Å². The Labute approximate surface area is 509 Å². The van der Waals surface area contributed by atoms with Gasteiger partial charge in [-0.2, -0.15) is 0 Å². The van der Waals surface area contributed by atoms with Crippen LogP contribution in [0.15, 0.2) is 283 Å². The van der Waals surface area contributed by atoms with Gasteiger partial charge in [0.25, 0.3) is 0 Å². The molecule has 3 aliphatic carbocycles. The van der Waals surface area contributed by atoms with Crippen LogP contribution in [-0.2, 0) is 27.1 Å². The average molecular weight is 1120 g/mol. The molecular weight excluding hydrogens is 1060 g/mol. The molecule has 0 saturated heterocycles. The Morgan fingerprint density at radius 2 is 0.628 bits per heavy atom. The summed E-state index contributed by atoms with van der Waals surface area (Å²) in [5.41, 5.74) is 26.6. The van der Waals surface area contributed by atoms with E-state index < -0.39 is 16.2 Å². The van der Waals surface area contributed by atoms with E-state index in [0.29, 0.717) is 0 Å². The third-order valence-electron chi connectivity index (χ3n) is 19.8. The molecule has 0 N–H and O–H groups in total. The Bertz CT molecular complexity index is 4660. The van der Waals surface area contributed by atoms with E-state index in [1.807, 2.05) is 11.8 Å². The summed E-state index contributed by atoms with van der Waals surface area (Å²) in [4.78, 5) is 5.15. The molecule has 2 heterocycles. The molecular formula is C83H63NOS. The number of ether oxygens (including phenoxy) is 1. The number of nitrogens with zero attached hydrogens (tertiary/aromatic N) is 1. The molecule has 0 unspecified atom stereocenters. The van der Waals surface area contributed by atoms with E-state index in [4.69, 9.17) is 4.74 Å². The molecule has 0 aromatic heterocycles. The number of para-hydroxylation sites is 2. The van der Waals surface area contributed by atoms with Crippen LogP contribution >= 0.6 is 11.8 Å². The second-order valence-corrected chi connectivity index (χ2v) is 27.3. The third kappa shape index (κ3) is 6.86. The van der Waals surface area contributed by atoms with Crippen LogP contribution in [0.25, 0.3) is 33.4 Å². The third-order valence-corrected chi connectivity index (χ3v) is 20.9. The molecule has 0 atom stereocenters. The van der Waals surface area contributed by atoms with Crippen molar-refractivity contribution in [2.45, 2.75) is 78.4 Å². The number of rotatable bonds is 5. The second kappa shape index (κ2) is 18.3. The van der Waals surface area contributed by atoms with Crippen LogP contribution in [-0.4, -0.2) is 0 Å². The van der Waals surface area contributed by atoms with Gasteiger partial charge >= 0.3 is 0 Å². The fraction of sp³-hybridized carbons (Fsp3) is 0.133. The number of benzene rings is 12. The van der Waals surface area contributed by atoms with Gasteiger partial charge in [0.05, 0.1) is 16.2 Å². The maximum Gasteiger partial charge on any atom is 0.132 e. The molecule has 3 heteroatoms. The minimum Gasteiger partial charge on any atom is -0.457 e. The summed E-state index contributed by atoms with van der Waals surface area (Å²) >= 11 is 1.91. The Balaban J connectivity index is 0.982. The van der Waals surface area contributed by atoms with Gasteiger partial charge in [0.2, 0.25) is 0 Å². The lowest BCUT2D eigenvalue weighted by Crippen LogP contribution is -2.33. The van der Waals surface area contributed by atoms with Crippen molar-refractivity contribution in [3.8, 4) is 44.9 Å². The fourth-order valence-corrected chi connectivity index (χ4v) is 17.2. The second-order valence-electron chi connectivity index (χ2n) is 26.3. The van der Waals surface area contributed by atoms with Crippen molar-refractivity contribution in [3.63, 3.8) is 0 Å². The van der Waals surface area contributed by atoms with E-state index in [-0.39, 0.29) is 10.8 Å². The first-order valence-corrected chi connectivity index (χ1v) is 31.2. The van der Waals surface area contributed by atoms with Crippen molar-refractivity contribution in [2.24, 2.45) is 0 Å². The maximum absolute atomic E-state index is 6.89. The van der Waals surface area contributed by atoms with E-state index in [1.165, 1.54) is 110 Å². The topological polar surface area (TPSA) is 12.5 Å². The zero-order valence-electron chi connectivity index (χ0n) is 49.2. The largest absolute Gasteiger partial charge is 0.457 e. The predicted molar refractivity (Wildman–Crippen MR) is 355 cm³/mol. The molecule has 17 rings (SSSR count). The lowest BCUT2D eigenvalue weighted by molar-refractivity contribution is 0.436. The summed E-state index contributed by atoms with van der Waals surface area (Å²) < 4.78 is 6.89.